The first-order chi connectivity index (χ1) is 12.7. The Kier molecular flexibility index (Phi) is 4.49. The third-order valence-corrected chi connectivity index (χ3v) is 5.37. The van der Waals surface area contributed by atoms with Crippen molar-refractivity contribution in [2.24, 2.45) is 0 Å². The molecule has 7 nitrogen and oxygen atoms in total. The van der Waals surface area contributed by atoms with Gasteiger partial charge in [-0.05, 0) is 42.1 Å². The summed E-state index contributed by atoms with van der Waals surface area (Å²) in [5.41, 5.74) is 1.46. The molecule has 1 saturated heterocycles. The smallest absolute Gasteiger partial charge is 0.251 e. The van der Waals surface area contributed by atoms with Crippen LogP contribution in [0.2, 0.25) is 0 Å². The Morgan fingerprint density at radius 1 is 1.19 bits per heavy atom. The molecular formula is C18H17N5O2S. The Labute approximate surface area is 154 Å². The van der Waals surface area contributed by atoms with Crippen LogP contribution in [0.25, 0.3) is 5.69 Å². The standard InChI is InChI=1S/C18H17N5O2S/c24-16-8-7-14(17(22-16)15-2-1-9-26-15)21-18(25)12-3-5-13(6-4-12)23-10-19-20-11-23/h1-6,9-11,14,17H,7-8H2,(H,21,25)(H,22,24)/t14-,17-/m1/s1. The minimum absolute atomic E-state index is 0.0205. The molecule has 0 saturated carbocycles. The summed E-state index contributed by atoms with van der Waals surface area (Å²) < 4.78 is 1.77. The molecule has 1 aliphatic rings. The fourth-order valence-electron chi connectivity index (χ4n) is 3.06. The number of nitrogens with one attached hydrogen (secondary N) is 2. The fraction of sp³-hybridized carbons (Fsp3) is 0.222. The van der Waals surface area contributed by atoms with Crippen molar-refractivity contribution in [1.82, 2.24) is 25.4 Å². The Morgan fingerprint density at radius 3 is 2.65 bits per heavy atom. The van der Waals surface area contributed by atoms with E-state index in [-0.39, 0.29) is 23.9 Å². The van der Waals surface area contributed by atoms with E-state index in [1.165, 1.54) is 0 Å². The van der Waals surface area contributed by atoms with Gasteiger partial charge in [-0.25, -0.2) is 0 Å². The molecule has 8 heteroatoms. The third kappa shape index (κ3) is 3.36. The van der Waals surface area contributed by atoms with Gasteiger partial charge in [0.25, 0.3) is 5.91 Å². The van der Waals surface area contributed by atoms with Gasteiger partial charge < -0.3 is 10.6 Å². The van der Waals surface area contributed by atoms with Crippen molar-refractivity contribution in [3.8, 4) is 5.69 Å². The van der Waals surface area contributed by atoms with Gasteiger partial charge in [0.1, 0.15) is 12.7 Å². The number of piperidine rings is 1. The molecule has 0 aliphatic carbocycles. The normalized spacial score (nSPS) is 19.8. The monoisotopic (exact) mass is 367 g/mol. The molecule has 4 rings (SSSR count). The number of carbonyl (C=O) groups is 2. The highest BCUT2D eigenvalue weighted by Gasteiger charge is 2.31. The van der Waals surface area contributed by atoms with E-state index in [1.807, 2.05) is 29.6 Å². The molecule has 0 spiro atoms. The molecule has 0 bridgehead atoms. The zero-order chi connectivity index (χ0) is 17.9. The van der Waals surface area contributed by atoms with Crippen LogP contribution in [0.4, 0.5) is 0 Å². The Hall–Kier alpha value is -3.00. The van der Waals surface area contributed by atoms with Crippen molar-refractivity contribution in [2.45, 2.75) is 24.9 Å². The minimum atomic E-state index is -0.184. The van der Waals surface area contributed by atoms with Gasteiger partial charge in [0.2, 0.25) is 5.91 Å². The number of rotatable bonds is 4. The third-order valence-electron chi connectivity index (χ3n) is 4.41. The molecule has 0 unspecified atom stereocenters. The number of amides is 2. The van der Waals surface area contributed by atoms with Gasteiger partial charge in [0, 0.05) is 22.5 Å². The largest absolute Gasteiger partial charge is 0.347 e. The van der Waals surface area contributed by atoms with Crippen LogP contribution < -0.4 is 10.6 Å². The maximum Gasteiger partial charge on any atom is 0.251 e. The molecule has 2 atom stereocenters. The maximum atomic E-state index is 12.7. The highest BCUT2D eigenvalue weighted by Crippen LogP contribution is 2.27. The number of benzene rings is 1. The van der Waals surface area contributed by atoms with E-state index in [0.29, 0.717) is 18.4 Å². The molecule has 1 aromatic carbocycles. The van der Waals surface area contributed by atoms with Crippen LogP contribution in [0.15, 0.2) is 54.4 Å². The lowest BCUT2D eigenvalue weighted by Crippen LogP contribution is -2.49. The molecule has 2 amide bonds. The van der Waals surface area contributed by atoms with Gasteiger partial charge in [0.15, 0.2) is 0 Å². The molecule has 1 aliphatic heterocycles. The summed E-state index contributed by atoms with van der Waals surface area (Å²) in [5, 5.41) is 15.6. The van der Waals surface area contributed by atoms with E-state index < -0.39 is 0 Å². The second kappa shape index (κ2) is 7.09. The van der Waals surface area contributed by atoms with E-state index in [2.05, 4.69) is 20.8 Å². The Bertz CT molecular complexity index is 890. The number of carbonyl (C=O) groups excluding carboxylic acids is 2. The zero-order valence-corrected chi connectivity index (χ0v) is 14.6. The first-order valence-corrected chi connectivity index (χ1v) is 9.17. The summed E-state index contributed by atoms with van der Waals surface area (Å²) >= 11 is 1.58. The zero-order valence-electron chi connectivity index (χ0n) is 13.8. The number of aromatic nitrogens is 3. The molecule has 2 N–H and O–H groups in total. The van der Waals surface area contributed by atoms with Gasteiger partial charge >= 0.3 is 0 Å². The predicted octanol–water partition coefficient (Wildman–Crippen LogP) is 2.08. The van der Waals surface area contributed by atoms with Gasteiger partial charge in [-0.3, -0.25) is 14.2 Å². The van der Waals surface area contributed by atoms with Crippen molar-refractivity contribution in [3.05, 3.63) is 64.9 Å². The SMILES string of the molecule is O=C1CC[C@@H](NC(=O)c2ccc(-n3cnnc3)cc2)[C@H](c2cccs2)N1. The lowest BCUT2D eigenvalue weighted by Gasteiger charge is -2.32. The molecular weight excluding hydrogens is 350 g/mol. The number of hydrogen-bond acceptors (Lipinski definition) is 5. The average molecular weight is 367 g/mol. The summed E-state index contributed by atoms with van der Waals surface area (Å²) in [5.74, 6) is -0.129. The van der Waals surface area contributed by atoms with Crippen molar-refractivity contribution in [2.75, 3.05) is 0 Å². The quantitative estimate of drug-likeness (QED) is 0.739. The highest BCUT2D eigenvalue weighted by atomic mass is 32.1. The van der Waals surface area contributed by atoms with Crippen LogP contribution in [0.5, 0.6) is 0 Å². The van der Waals surface area contributed by atoms with Crippen molar-refractivity contribution in [3.63, 3.8) is 0 Å². The Morgan fingerprint density at radius 2 is 1.96 bits per heavy atom. The van der Waals surface area contributed by atoms with Crippen LogP contribution in [0.1, 0.15) is 34.1 Å². The second-order valence-electron chi connectivity index (χ2n) is 6.10. The van der Waals surface area contributed by atoms with Crippen molar-refractivity contribution >= 4 is 23.2 Å². The summed E-state index contributed by atoms with van der Waals surface area (Å²) in [6, 6.07) is 10.8. The maximum absolute atomic E-state index is 12.7. The van der Waals surface area contributed by atoms with E-state index in [9.17, 15) is 9.59 Å². The van der Waals surface area contributed by atoms with Crippen molar-refractivity contribution < 1.29 is 9.59 Å². The first-order valence-electron chi connectivity index (χ1n) is 8.29. The van der Waals surface area contributed by atoms with Crippen LogP contribution in [0, 0.1) is 0 Å². The lowest BCUT2D eigenvalue weighted by atomic mass is 9.96. The van der Waals surface area contributed by atoms with Crippen LogP contribution >= 0.6 is 11.3 Å². The number of nitrogens with zero attached hydrogens (tertiary/aromatic N) is 3. The van der Waals surface area contributed by atoms with Gasteiger partial charge in [-0.15, -0.1) is 21.5 Å². The average Bonchev–Trinajstić information content (AvgIpc) is 3.37. The predicted molar refractivity (Wildman–Crippen MR) is 97.0 cm³/mol. The fourth-order valence-corrected chi connectivity index (χ4v) is 3.90. The highest BCUT2D eigenvalue weighted by molar-refractivity contribution is 7.10. The van der Waals surface area contributed by atoms with Gasteiger partial charge in [-0.1, -0.05) is 6.07 Å². The molecule has 26 heavy (non-hydrogen) atoms. The van der Waals surface area contributed by atoms with Gasteiger partial charge in [-0.2, -0.15) is 0 Å². The van der Waals surface area contributed by atoms with Gasteiger partial charge in [0.05, 0.1) is 12.1 Å². The van der Waals surface area contributed by atoms with Crippen molar-refractivity contribution in [1.29, 1.82) is 0 Å². The second-order valence-corrected chi connectivity index (χ2v) is 7.07. The van der Waals surface area contributed by atoms with E-state index in [4.69, 9.17) is 0 Å². The summed E-state index contributed by atoms with van der Waals surface area (Å²) in [6.45, 7) is 0. The molecule has 3 aromatic rings. The number of hydrogen-bond donors (Lipinski definition) is 2. The summed E-state index contributed by atoms with van der Waals surface area (Å²) in [4.78, 5) is 25.5. The van der Waals surface area contributed by atoms with E-state index >= 15 is 0 Å². The summed E-state index contributed by atoms with van der Waals surface area (Å²) in [7, 11) is 0. The molecule has 3 heterocycles. The molecule has 2 aromatic heterocycles. The summed E-state index contributed by atoms with van der Waals surface area (Å²) in [6.07, 6.45) is 4.25. The molecule has 0 radical (unpaired) electrons. The van der Waals surface area contributed by atoms with Crippen LogP contribution in [-0.4, -0.2) is 32.6 Å². The number of thiophene rings is 1. The molecule has 132 valence electrons. The first kappa shape index (κ1) is 16.5. The minimum Gasteiger partial charge on any atom is -0.347 e. The van der Waals surface area contributed by atoms with Crippen LogP contribution in [0.3, 0.4) is 0 Å². The Balaban J connectivity index is 1.48. The van der Waals surface area contributed by atoms with E-state index in [1.54, 1.807) is 40.7 Å². The lowest BCUT2D eigenvalue weighted by molar-refractivity contribution is -0.123. The van der Waals surface area contributed by atoms with Crippen LogP contribution in [-0.2, 0) is 4.79 Å². The van der Waals surface area contributed by atoms with E-state index in [0.717, 1.165) is 10.6 Å². The topological polar surface area (TPSA) is 88.9 Å². The molecule has 1 fully saturated rings.